The first-order valence-corrected chi connectivity index (χ1v) is 8.02. The molecule has 0 bridgehead atoms. The van der Waals surface area contributed by atoms with Gasteiger partial charge in [0.15, 0.2) is 0 Å². The Hall–Kier alpha value is -0.830. The van der Waals surface area contributed by atoms with Gasteiger partial charge in [-0.05, 0) is 31.2 Å². The van der Waals surface area contributed by atoms with E-state index in [2.05, 4.69) is 42.0 Å². The van der Waals surface area contributed by atoms with Crippen LogP contribution < -0.4 is 5.32 Å². The zero-order valence-corrected chi connectivity index (χ0v) is 14.8. The van der Waals surface area contributed by atoms with Crippen LogP contribution in [-0.2, 0) is 10.2 Å². The molecule has 1 rings (SSSR count). The lowest BCUT2D eigenvalue weighted by atomic mass is 9.83. The molecule has 0 aliphatic rings. The fraction of sp³-hybridized carbons (Fsp3) is 0.588. The fourth-order valence-electron chi connectivity index (χ4n) is 2.15. The van der Waals surface area contributed by atoms with Gasteiger partial charge in [-0.3, -0.25) is 4.79 Å². The van der Waals surface area contributed by atoms with Gasteiger partial charge in [0.25, 0.3) is 0 Å². The SMILES string of the molecule is CC(C)(C)CC(Br)CNC(=O)C(C)(C)c1ccccc1. The molecule has 0 radical (unpaired) electrons. The summed E-state index contributed by atoms with van der Waals surface area (Å²) >= 11 is 3.65. The number of amides is 1. The molecule has 0 aliphatic carbocycles. The molecule has 1 atom stereocenters. The first-order valence-electron chi connectivity index (χ1n) is 7.11. The van der Waals surface area contributed by atoms with Gasteiger partial charge in [-0.15, -0.1) is 0 Å². The summed E-state index contributed by atoms with van der Waals surface area (Å²) in [6.07, 6.45) is 1.03. The van der Waals surface area contributed by atoms with Crippen molar-refractivity contribution in [2.75, 3.05) is 6.54 Å². The molecule has 1 amide bonds. The smallest absolute Gasteiger partial charge is 0.230 e. The molecule has 0 aliphatic heterocycles. The minimum Gasteiger partial charge on any atom is -0.354 e. The fourth-order valence-corrected chi connectivity index (χ4v) is 3.28. The standard InChI is InChI=1S/C17H26BrNO/c1-16(2,3)11-14(18)12-19-15(20)17(4,5)13-9-7-6-8-10-13/h6-10,14H,11-12H2,1-5H3,(H,19,20). The Morgan fingerprint density at radius 2 is 1.70 bits per heavy atom. The lowest BCUT2D eigenvalue weighted by Crippen LogP contribution is -2.42. The van der Waals surface area contributed by atoms with E-state index in [9.17, 15) is 4.79 Å². The quantitative estimate of drug-likeness (QED) is 0.797. The summed E-state index contributed by atoms with van der Waals surface area (Å²) in [5.41, 5.74) is 0.795. The highest BCUT2D eigenvalue weighted by molar-refractivity contribution is 9.09. The van der Waals surface area contributed by atoms with Gasteiger partial charge in [-0.25, -0.2) is 0 Å². The number of hydrogen-bond acceptors (Lipinski definition) is 1. The van der Waals surface area contributed by atoms with Crippen molar-refractivity contribution in [1.29, 1.82) is 0 Å². The van der Waals surface area contributed by atoms with Gasteiger partial charge in [0, 0.05) is 11.4 Å². The van der Waals surface area contributed by atoms with Crippen LogP contribution in [-0.4, -0.2) is 17.3 Å². The number of nitrogens with one attached hydrogen (secondary N) is 1. The molecular formula is C17H26BrNO. The summed E-state index contributed by atoms with van der Waals surface area (Å²) in [7, 11) is 0. The second kappa shape index (κ2) is 6.75. The third-order valence-corrected chi connectivity index (χ3v) is 4.03. The van der Waals surface area contributed by atoms with Gasteiger partial charge in [0.05, 0.1) is 5.41 Å². The van der Waals surface area contributed by atoms with E-state index in [1.807, 2.05) is 44.2 Å². The van der Waals surface area contributed by atoms with Crippen LogP contribution in [0.5, 0.6) is 0 Å². The maximum atomic E-state index is 12.4. The van der Waals surface area contributed by atoms with Crippen molar-refractivity contribution in [2.45, 2.75) is 51.3 Å². The molecule has 0 spiro atoms. The first kappa shape index (κ1) is 17.2. The zero-order valence-electron chi connectivity index (χ0n) is 13.2. The molecule has 0 fully saturated rings. The molecule has 1 aromatic rings. The number of carbonyl (C=O) groups is 1. The second-order valence-electron chi connectivity index (χ2n) is 7.06. The summed E-state index contributed by atoms with van der Waals surface area (Å²) in [6, 6.07) is 9.91. The van der Waals surface area contributed by atoms with E-state index in [1.54, 1.807) is 0 Å². The van der Waals surface area contributed by atoms with Gasteiger partial charge in [-0.2, -0.15) is 0 Å². The molecule has 2 nitrogen and oxygen atoms in total. The van der Waals surface area contributed by atoms with E-state index in [-0.39, 0.29) is 11.3 Å². The van der Waals surface area contributed by atoms with Crippen molar-refractivity contribution < 1.29 is 4.79 Å². The minimum absolute atomic E-state index is 0.0714. The maximum absolute atomic E-state index is 12.4. The second-order valence-corrected chi connectivity index (χ2v) is 8.36. The summed E-state index contributed by atoms with van der Waals surface area (Å²) in [5.74, 6) is 0.0714. The van der Waals surface area contributed by atoms with E-state index in [0.717, 1.165) is 12.0 Å². The van der Waals surface area contributed by atoms with Crippen LogP contribution >= 0.6 is 15.9 Å². The molecule has 1 N–H and O–H groups in total. The number of carbonyl (C=O) groups excluding carboxylic acids is 1. The Morgan fingerprint density at radius 3 is 2.20 bits per heavy atom. The Bertz CT molecular complexity index is 434. The monoisotopic (exact) mass is 339 g/mol. The van der Waals surface area contributed by atoms with Crippen molar-refractivity contribution >= 4 is 21.8 Å². The normalized spacial score (nSPS) is 13.9. The first-order chi connectivity index (χ1) is 9.13. The van der Waals surface area contributed by atoms with Crippen LogP contribution in [0.2, 0.25) is 0 Å². The molecule has 3 heteroatoms. The Balaban J connectivity index is 2.59. The van der Waals surface area contributed by atoms with Crippen LogP contribution in [0.25, 0.3) is 0 Å². The van der Waals surface area contributed by atoms with E-state index in [1.165, 1.54) is 0 Å². The maximum Gasteiger partial charge on any atom is 0.230 e. The summed E-state index contributed by atoms with van der Waals surface area (Å²) in [5, 5.41) is 3.06. The van der Waals surface area contributed by atoms with Crippen molar-refractivity contribution in [1.82, 2.24) is 5.32 Å². The minimum atomic E-state index is -0.504. The highest BCUT2D eigenvalue weighted by atomic mass is 79.9. The summed E-state index contributed by atoms with van der Waals surface area (Å²) < 4.78 is 0. The van der Waals surface area contributed by atoms with Gasteiger partial charge in [0.1, 0.15) is 0 Å². The molecule has 0 saturated carbocycles. The highest BCUT2D eigenvalue weighted by Gasteiger charge is 2.29. The summed E-state index contributed by atoms with van der Waals surface area (Å²) in [4.78, 5) is 12.7. The Kier molecular flexibility index (Phi) is 5.81. The van der Waals surface area contributed by atoms with E-state index in [4.69, 9.17) is 0 Å². The lowest BCUT2D eigenvalue weighted by molar-refractivity contribution is -0.125. The van der Waals surface area contributed by atoms with Gasteiger partial charge >= 0.3 is 0 Å². The van der Waals surface area contributed by atoms with Crippen molar-refractivity contribution in [2.24, 2.45) is 5.41 Å². The van der Waals surface area contributed by atoms with Crippen molar-refractivity contribution in [3.05, 3.63) is 35.9 Å². The molecule has 0 saturated heterocycles. The molecule has 20 heavy (non-hydrogen) atoms. The third-order valence-electron chi connectivity index (χ3n) is 3.38. The number of benzene rings is 1. The third kappa shape index (κ3) is 5.28. The predicted molar refractivity (Wildman–Crippen MR) is 89.3 cm³/mol. The summed E-state index contributed by atoms with van der Waals surface area (Å²) in [6.45, 7) is 11.2. The van der Waals surface area contributed by atoms with Crippen LogP contribution in [0, 0.1) is 5.41 Å². The highest BCUT2D eigenvalue weighted by Crippen LogP contribution is 2.25. The van der Waals surface area contributed by atoms with Gasteiger partial charge in [0.2, 0.25) is 5.91 Å². The average molecular weight is 340 g/mol. The van der Waals surface area contributed by atoms with E-state index < -0.39 is 5.41 Å². The lowest BCUT2D eigenvalue weighted by Gasteiger charge is -2.26. The van der Waals surface area contributed by atoms with Gasteiger partial charge in [-0.1, -0.05) is 67.0 Å². The number of hydrogen-bond donors (Lipinski definition) is 1. The van der Waals surface area contributed by atoms with Crippen molar-refractivity contribution in [3.63, 3.8) is 0 Å². The predicted octanol–water partition coefficient (Wildman–Crippen LogP) is 4.28. The Labute approximate surface area is 131 Å². The molecule has 1 aromatic carbocycles. The van der Waals surface area contributed by atoms with Crippen LogP contribution in [0.3, 0.4) is 0 Å². The Morgan fingerprint density at radius 1 is 1.15 bits per heavy atom. The van der Waals surface area contributed by atoms with E-state index in [0.29, 0.717) is 11.4 Å². The van der Waals surface area contributed by atoms with E-state index >= 15 is 0 Å². The number of alkyl halides is 1. The van der Waals surface area contributed by atoms with Crippen LogP contribution in [0.1, 0.15) is 46.6 Å². The van der Waals surface area contributed by atoms with Crippen LogP contribution in [0.15, 0.2) is 30.3 Å². The zero-order chi connectivity index (χ0) is 15.4. The number of halogens is 1. The molecule has 1 unspecified atom stereocenters. The van der Waals surface area contributed by atoms with Crippen molar-refractivity contribution in [3.8, 4) is 0 Å². The molecule has 0 heterocycles. The average Bonchev–Trinajstić information content (AvgIpc) is 2.35. The van der Waals surface area contributed by atoms with Gasteiger partial charge < -0.3 is 5.32 Å². The van der Waals surface area contributed by atoms with Crippen LogP contribution in [0.4, 0.5) is 0 Å². The largest absolute Gasteiger partial charge is 0.354 e. The molecule has 0 aromatic heterocycles. The molecule has 112 valence electrons. The topological polar surface area (TPSA) is 29.1 Å². The molecular weight excluding hydrogens is 314 g/mol. The number of rotatable bonds is 5.